The topological polar surface area (TPSA) is 61.8 Å². The summed E-state index contributed by atoms with van der Waals surface area (Å²) in [5, 5.41) is 12.0. The van der Waals surface area contributed by atoms with Crippen molar-refractivity contribution in [3.8, 4) is 0 Å². The van der Waals surface area contributed by atoms with Crippen molar-refractivity contribution in [2.24, 2.45) is 0 Å². The highest BCUT2D eigenvalue weighted by Crippen LogP contribution is 2.16. The van der Waals surface area contributed by atoms with Crippen LogP contribution in [-0.2, 0) is 9.53 Å². The Morgan fingerprint density at radius 1 is 1.50 bits per heavy atom. The van der Waals surface area contributed by atoms with E-state index in [4.69, 9.17) is 9.84 Å². The van der Waals surface area contributed by atoms with Gasteiger partial charge >= 0.3 is 5.97 Å². The van der Waals surface area contributed by atoms with Gasteiger partial charge in [0, 0.05) is 20.2 Å². The summed E-state index contributed by atoms with van der Waals surface area (Å²) >= 11 is 0. The maximum atomic E-state index is 11.1. The lowest BCUT2D eigenvalue weighted by molar-refractivity contribution is -0.144. The normalized spacial score (nSPS) is 21.7. The zero-order valence-corrected chi connectivity index (χ0v) is 11.7. The molecular formula is C13H26N2O3. The van der Waals surface area contributed by atoms with Gasteiger partial charge in [-0.15, -0.1) is 0 Å². The van der Waals surface area contributed by atoms with Gasteiger partial charge in [-0.25, -0.2) is 0 Å². The van der Waals surface area contributed by atoms with E-state index in [-0.39, 0.29) is 0 Å². The van der Waals surface area contributed by atoms with Crippen LogP contribution < -0.4 is 5.32 Å². The zero-order chi connectivity index (χ0) is 13.6. The summed E-state index contributed by atoms with van der Waals surface area (Å²) in [6.45, 7) is 4.83. The van der Waals surface area contributed by atoms with Crippen LogP contribution in [0.3, 0.4) is 0 Å². The lowest BCUT2D eigenvalue weighted by Gasteiger charge is -2.32. The second-order valence-electron chi connectivity index (χ2n) is 5.27. The van der Waals surface area contributed by atoms with E-state index in [0.717, 1.165) is 38.9 Å². The maximum absolute atomic E-state index is 11.1. The third kappa shape index (κ3) is 4.23. The van der Waals surface area contributed by atoms with Crippen LogP contribution in [0.5, 0.6) is 0 Å². The number of ether oxygens (including phenoxy) is 1. The molecule has 0 aromatic rings. The maximum Gasteiger partial charge on any atom is 0.323 e. The molecule has 1 heterocycles. The lowest BCUT2D eigenvalue weighted by atomic mass is 9.96. The van der Waals surface area contributed by atoms with Crippen LogP contribution in [0.15, 0.2) is 0 Å². The molecule has 5 heteroatoms. The minimum atomic E-state index is -0.801. The summed E-state index contributed by atoms with van der Waals surface area (Å²) in [5.41, 5.74) is -0.801. The Kier molecular flexibility index (Phi) is 6.05. The first-order valence-corrected chi connectivity index (χ1v) is 6.69. The van der Waals surface area contributed by atoms with Crippen molar-refractivity contribution in [3.63, 3.8) is 0 Å². The molecule has 2 N–H and O–H groups in total. The summed E-state index contributed by atoms with van der Waals surface area (Å²) in [4.78, 5) is 13.5. The molecule has 0 aromatic heterocycles. The summed E-state index contributed by atoms with van der Waals surface area (Å²) in [5.74, 6) is -0.775. The predicted octanol–water partition coefficient (Wildman–Crippen LogP) is 0.940. The monoisotopic (exact) mass is 258 g/mol. The van der Waals surface area contributed by atoms with Crippen LogP contribution in [-0.4, -0.2) is 61.4 Å². The van der Waals surface area contributed by atoms with E-state index < -0.39 is 11.5 Å². The third-order valence-corrected chi connectivity index (χ3v) is 4.04. The average Bonchev–Trinajstić information content (AvgIpc) is 2.39. The highest BCUT2D eigenvalue weighted by Gasteiger charge is 2.30. The van der Waals surface area contributed by atoms with Gasteiger partial charge in [0.2, 0.25) is 0 Å². The van der Waals surface area contributed by atoms with Gasteiger partial charge in [-0.1, -0.05) is 0 Å². The van der Waals surface area contributed by atoms with E-state index in [2.05, 4.69) is 10.2 Å². The van der Waals surface area contributed by atoms with Crippen LogP contribution in [0.25, 0.3) is 0 Å². The van der Waals surface area contributed by atoms with E-state index in [0.29, 0.717) is 12.5 Å². The van der Waals surface area contributed by atoms with Crippen molar-refractivity contribution in [1.29, 1.82) is 0 Å². The number of aliphatic carboxylic acids is 1. The minimum absolute atomic E-state index is 0.405. The molecule has 1 atom stereocenters. The minimum Gasteiger partial charge on any atom is -0.480 e. The van der Waals surface area contributed by atoms with E-state index in [1.165, 1.54) is 0 Å². The van der Waals surface area contributed by atoms with Gasteiger partial charge < -0.3 is 20.1 Å². The fourth-order valence-corrected chi connectivity index (χ4v) is 2.36. The summed E-state index contributed by atoms with van der Waals surface area (Å²) in [7, 11) is 3.48. The van der Waals surface area contributed by atoms with Crippen molar-refractivity contribution >= 4 is 5.97 Å². The third-order valence-electron chi connectivity index (χ3n) is 4.04. The smallest absolute Gasteiger partial charge is 0.323 e. The number of methoxy groups -OCH3 is 1. The Hall–Kier alpha value is -0.650. The van der Waals surface area contributed by atoms with E-state index in [1.807, 2.05) is 0 Å². The first-order chi connectivity index (χ1) is 8.51. The first-order valence-electron chi connectivity index (χ1n) is 6.69. The summed E-state index contributed by atoms with van der Waals surface area (Å²) in [6, 6.07) is 0. The highest BCUT2D eigenvalue weighted by molar-refractivity contribution is 5.78. The second kappa shape index (κ2) is 7.07. The number of nitrogens with one attached hydrogen (secondary N) is 1. The Morgan fingerprint density at radius 2 is 2.11 bits per heavy atom. The molecule has 0 radical (unpaired) electrons. The summed E-state index contributed by atoms with van der Waals surface area (Å²) in [6.07, 6.45) is 4.13. The fraction of sp³-hybridized carbons (Fsp3) is 0.923. The number of nitrogens with zero attached hydrogens (tertiary/aromatic N) is 1. The molecule has 0 amide bonds. The highest BCUT2D eigenvalue weighted by atomic mass is 16.5. The molecule has 0 spiro atoms. The molecule has 1 aliphatic heterocycles. The Balaban J connectivity index is 2.24. The molecule has 0 aromatic carbocycles. The van der Waals surface area contributed by atoms with Crippen molar-refractivity contribution in [2.75, 3.05) is 33.8 Å². The molecule has 1 aliphatic rings. The molecule has 18 heavy (non-hydrogen) atoms. The molecule has 0 saturated carbocycles. The summed E-state index contributed by atoms with van der Waals surface area (Å²) < 4.78 is 5.33. The van der Waals surface area contributed by atoms with Gasteiger partial charge in [-0.3, -0.25) is 4.79 Å². The molecule has 1 fully saturated rings. The fourth-order valence-electron chi connectivity index (χ4n) is 2.36. The quantitative estimate of drug-likeness (QED) is 0.711. The van der Waals surface area contributed by atoms with Crippen LogP contribution in [0, 0.1) is 0 Å². The molecule has 1 rings (SSSR count). The lowest BCUT2D eigenvalue weighted by Crippen LogP contribution is -2.48. The van der Waals surface area contributed by atoms with E-state index in [9.17, 15) is 4.79 Å². The molecule has 5 nitrogen and oxygen atoms in total. The predicted molar refractivity (Wildman–Crippen MR) is 70.8 cm³/mol. The number of carboxylic acid groups (broad SMARTS) is 1. The Bertz CT molecular complexity index is 265. The van der Waals surface area contributed by atoms with Crippen molar-refractivity contribution in [1.82, 2.24) is 10.2 Å². The number of piperidine rings is 1. The van der Waals surface area contributed by atoms with Crippen molar-refractivity contribution in [2.45, 2.75) is 44.2 Å². The van der Waals surface area contributed by atoms with Crippen molar-refractivity contribution < 1.29 is 14.6 Å². The molecule has 1 saturated heterocycles. The number of likely N-dealkylation sites (tertiary alicyclic amines) is 1. The Labute approximate surface area is 109 Å². The SMILES string of the molecule is CNC(C)(CCCN1CCC(OC)CC1)C(=O)O. The van der Waals surface area contributed by atoms with Gasteiger partial charge in [0.05, 0.1) is 6.10 Å². The molecule has 1 unspecified atom stereocenters. The number of carboxylic acids is 1. The van der Waals surface area contributed by atoms with Crippen LogP contribution in [0.1, 0.15) is 32.6 Å². The number of hydrogen-bond acceptors (Lipinski definition) is 4. The van der Waals surface area contributed by atoms with Crippen molar-refractivity contribution in [3.05, 3.63) is 0 Å². The zero-order valence-electron chi connectivity index (χ0n) is 11.7. The number of hydrogen-bond donors (Lipinski definition) is 2. The number of rotatable bonds is 7. The van der Waals surface area contributed by atoms with Crippen LogP contribution in [0.2, 0.25) is 0 Å². The number of carbonyl (C=O) groups is 1. The van der Waals surface area contributed by atoms with Crippen LogP contribution >= 0.6 is 0 Å². The van der Waals surface area contributed by atoms with Crippen LogP contribution in [0.4, 0.5) is 0 Å². The van der Waals surface area contributed by atoms with Gasteiger partial charge in [0.25, 0.3) is 0 Å². The van der Waals surface area contributed by atoms with Gasteiger partial charge in [0.15, 0.2) is 0 Å². The molecule has 106 valence electrons. The second-order valence-corrected chi connectivity index (χ2v) is 5.27. The Morgan fingerprint density at radius 3 is 2.56 bits per heavy atom. The largest absolute Gasteiger partial charge is 0.480 e. The van der Waals surface area contributed by atoms with E-state index >= 15 is 0 Å². The first kappa shape index (κ1) is 15.4. The van der Waals surface area contributed by atoms with Gasteiger partial charge in [-0.05, 0) is 46.2 Å². The standard InChI is InChI=1S/C13H26N2O3/c1-13(14-2,12(16)17)7-4-8-15-9-5-11(18-3)6-10-15/h11,14H,4-10H2,1-3H3,(H,16,17). The number of likely N-dealkylation sites (N-methyl/N-ethyl adjacent to an activating group) is 1. The molecular weight excluding hydrogens is 232 g/mol. The van der Waals surface area contributed by atoms with Gasteiger partial charge in [-0.2, -0.15) is 0 Å². The average molecular weight is 258 g/mol. The van der Waals surface area contributed by atoms with Gasteiger partial charge in [0.1, 0.15) is 5.54 Å². The molecule has 0 aliphatic carbocycles. The molecule has 0 bridgehead atoms. The van der Waals surface area contributed by atoms with E-state index in [1.54, 1.807) is 21.1 Å².